The van der Waals surface area contributed by atoms with Gasteiger partial charge in [-0.25, -0.2) is 0 Å². The van der Waals surface area contributed by atoms with Crippen LogP contribution in [0, 0.1) is 13.8 Å². The molecule has 6 nitrogen and oxygen atoms in total. The number of nitrogens with one attached hydrogen (secondary N) is 3. The predicted octanol–water partition coefficient (Wildman–Crippen LogP) is 0.167. The van der Waals surface area contributed by atoms with Crippen molar-refractivity contribution >= 4 is 17.7 Å². The minimum atomic E-state index is -0.423. The molecule has 96 valence electrons. The van der Waals surface area contributed by atoms with Crippen molar-refractivity contribution in [1.29, 1.82) is 0 Å². The summed E-state index contributed by atoms with van der Waals surface area (Å²) < 4.78 is 0. The van der Waals surface area contributed by atoms with E-state index in [2.05, 4.69) is 15.6 Å². The summed E-state index contributed by atoms with van der Waals surface area (Å²) >= 11 is 0. The second-order valence-electron chi connectivity index (χ2n) is 4.54. The highest BCUT2D eigenvalue weighted by Crippen LogP contribution is 2.11. The minimum absolute atomic E-state index is 0.139. The molecule has 0 spiro atoms. The number of piperidine rings is 1. The minimum Gasteiger partial charge on any atom is -0.362 e. The highest BCUT2D eigenvalue weighted by molar-refractivity contribution is 6.00. The number of carbonyl (C=O) groups is 3. The molecule has 3 N–H and O–H groups in total. The summed E-state index contributed by atoms with van der Waals surface area (Å²) in [5.41, 5.74) is 2.22. The van der Waals surface area contributed by atoms with Gasteiger partial charge in [-0.2, -0.15) is 0 Å². The maximum atomic E-state index is 12.0. The van der Waals surface area contributed by atoms with Crippen LogP contribution in [0.5, 0.6) is 0 Å². The van der Waals surface area contributed by atoms with E-state index in [0.717, 1.165) is 11.4 Å². The zero-order valence-corrected chi connectivity index (χ0v) is 10.3. The van der Waals surface area contributed by atoms with Crippen LogP contribution in [-0.2, 0) is 9.59 Å². The van der Waals surface area contributed by atoms with Crippen molar-refractivity contribution in [3.05, 3.63) is 23.0 Å². The Kier molecular flexibility index (Phi) is 3.18. The fourth-order valence-corrected chi connectivity index (χ4v) is 2.10. The van der Waals surface area contributed by atoms with Gasteiger partial charge < -0.3 is 10.3 Å². The van der Waals surface area contributed by atoms with Gasteiger partial charge in [-0.3, -0.25) is 19.7 Å². The highest BCUT2D eigenvalue weighted by atomic mass is 16.2. The van der Waals surface area contributed by atoms with E-state index in [4.69, 9.17) is 0 Å². The molecule has 6 heteroatoms. The third-order valence-corrected chi connectivity index (χ3v) is 2.87. The molecule has 18 heavy (non-hydrogen) atoms. The van der Waals surface area contributed by atoms with Crippen LogP contribution in [0.25, 0.3) is 0 Å². The summed E-state index contributed by atoms with van der Waals surface area (Å²) in [6.07, 6.45) is 0.278. The van der Waals surface area contributed by atoms with Crippen LogP contribution in [0.1, 0.15) is 34.6 Å². The number of aromatic amines is 1. The topological polar surface area (TPSA) is 91.1 Å². The van der Waals surface area contributed by atoms with Crippen molar-refractivity contribution in [3.63, 3.8) is 0 Å². The maximum absolute atomic E-state index is 12.0. The Balaban J connectivity index is 2.05. The molecule has 1 aliphatic heterocycles. The lowest BCUT2D eigenvalue weighted by atomic mass is 10.0. The number of H-pyrrole nitrogens is 1. The van der Waals surface area contributed by atoms with Gasteiger partial charge in [0, 0.05) is 30.3 Å². The van der Waals surface area contributed by atoms with Crippen LogP contribution in [0.3, 0.4) is 0 Å². The van der Waals surface area contributed by atoms with E-state index in [1.54, 1.807) is 13.0 Å². The molecule has 1 aliphatic rings. The normalized spacial score (nSPS) is 16.6. The number of imide groups is 1. The third kappa shape index (κ3) is 2.58. The van der Waals surface area contributed by atoms with Crippen molar-refractivity contribution in [2.75, 3.05) is 0 Å². The Labute approximate surface area is 104 Å². The molecular weight excluding hydrogens is 234 g/mol. The first-order valence-electron chi connectivity index (χ1n) is 5.75. The number of carbonyl (C=O) groups excluding carboxylic acids is 3. The van der Waals surface area contributed by atoms with Crippen molar-refractivity contribution in [1.82, 2.24) is 15.6 Å². The molecule has 0 radical (unpaired) electrons. The van der Waals surface area contributed by atoms with E-state index in [1.807, 2.05) is 6.92 Å². The zero-order chi connectivity index (χ0) is 13.3. The molecule has 0 aromatic carbocycles. The maximum Gasteiger partial charge on any atom is 0.253 e. The van der Waals surface area contributed by atoms with Crippen molar-refractivity contribution in [2.45, 2.75) is 32.7 Å². The molecule has 2 heterocycles. The Morgan fingerprint density at radius 1 is 1.28 bits per heavy atom. The Morgan fingerprint density at radius 2 is 1.89 bits per heavy atom. The Bertz CT molecular complexity index is 503. The van der Waals surface area contributed by atoms with Gasteiger partial charge in [-0.1, -0.05) is 0 Å². The number of amides is 3. The number of hydrogen-bond donors (Lipinski definition) is 3. The largest absolute Gasteiger partial charge is 0.362 e. The van der Waals surface area contributed by atoms with Gasteiger partial charge in [0.2, 0.25) is 11.8 Å². The number of aryl methyl sites for hydroxylation is 2. The van der Waals surface area contributed by atoms with Gasteiger partial charge in [0.05, 0.1) is 5.56 Å². The van der Waals surface area contributed by atoms with Gasteiger partial charge in [-0.15, -0.1) is 0 Å². The summed E-state index contributed by atoms with van der Waals surface area (Å²) in [4.78, 5) is 37.4. The Morgan fingerprint density at radius 3 is 2.39 bits per heavy atom. The average Bonchev–Trinajstić information content (AvgIpc) is 2.56. The highest BCUT2D eigenvalue weighted by Gasteiger charge is 2.26. The van der Waals surface area contributed by atoms with Crippen molar-refractivity contribution in [2.24, 2.45) is 0 Å². The molecule has 1 saturated heterocycles. The van der Waals surface area contributed by atoms with Crippen LogP contribution < -0.4 is 10.6 Å². The van der Waals surface area contributed by atoms with Crippen LogP contribution >= 0.6 is 0 Å². The van der Waals surface area contributed by atoms with Gasteiger partial charge in [0.15, 0.2) is 0 Å². The van der Waals surface area contributed by atoms with Crippen LogP contribution in [0.15, 0.2) is 6.07 Å². The number of hydrogen-bond acceptors (Lipinski definition) is 3. The molecule has 1 aromatic rings. The lowest BCUT2D eigenvalue weighted by Gasteiger charge is -2.21. The summed E-state index contributed by atoms with van der Waals surface area (Å²) in [6.45, 7) is 3.67. The lowest BCUT2D eigenvalue weighted by molar-refractivity contribution is -0.133. The zero-order valence-electron chi connectivity index (χ0n) is 10.3. The first-order valence-corrected chi connectivity index (χ1v) is 5.75. The second-order valence-corrected chi connectivity index (χ2v) is 4.54. The van der Waals surface area contributed by atoms with Crippen LogP contribution in [0.2, 0.25) is 0 Å². The molecule has 1 fully saturated rings. The van der Waals surface area contributed by atoms with Crippen LogP contribution in [-0.4, -0.2) is 28.7 Å². The first kappa shape index (κ1) is 12.3. The molecule has 0 unspecified atom stereocenters. The van der Waals surface area contributed by atoms with E-state index >= 15 is 0 Å². The number of aromatic nitrogens is 1. The van der Waals surface area contributed by atoms with E-state index in [0.29, 0.717) is 5.56 Å². The third-order valence-electron chi connectivity index (χ3n) is 2.87. The predicted molar refractivity (Wildman–Crippen MR) is 63.9 cm³/mol. The van der Waals surface area contributed by atoms with E-state index < -0.39 is 6.04 Å². The molecule has 0 saturated carbocycles. The summed E-state index contributed by atoms with van der Waals surface area (Å²) in [5.74, 6) is -0.957. The lowest BCUT2D eigenvalue weighted by Crippen LogP contribution is -2.48. The smallest absolute Gasteiger partial charge is 0.253 e. The molecular formula is C12H15N3O3. The molecule has 1 aromatic heterocycles. The second kappa shape index (κ2) is 4.64. The van der Waals surface area contributed by atoms with Gasteiger partial charge in [0.1, 0.15) is 0 Å². The molecule has 0 bridgehead atoms. The molecule has 3 amide bonds. The standard InChI is InChI=1S/C12H15N3O3/c1-6-3-9(7(2)13-6)12(18)14-8-4-10(16)15-11(17)5-8/h3,8,13H,4-5H2,1-2H3,(H,14,18)(H,15,16,17). The Hall–Kier alpha value is -2.11. The molecule has 0 aliphatic carbocycles. The summed E-state index contributed by atoms with van der Waals surface area (Å²) in [7, 11) is 0. The fraction of sp³-hybridized carbons (Fsp3) is 0.417. The van der Waals surface area contributed by atoms with E-state index in [-0.39, 0.29) is 30.6 Å². The molecule has 0 atom stereocenters. The quantitative estimate of drug-likeness (QED) is 0.652. The molecule has 2 rings (SSSR count). The van der Waals surface area contributed by atoms with Gasteiger partial charge in [-0.05, 0) is 19.9 Å². The first-order chi connectivity index (χ1) is 8.45. The van der Waals surface area contributed by atoms with Gasteiger partial charge >= 0.3 is 0 Å². The summed E-state index contributed by atoms with van der Waals surface area (Å²) in [6, 6.07) is 1.32. The van der Waals surface area contributed by atoms with Crippen LogP contribution in [0.4, 0.5) is 0 Å². The van der Waals surface area contributed by atoms with Crippen molar-refractivity contribution in [3.8, 4) is 0 Å². The SMILES string of the molecule is Cc1cc(C(=O)NC2CC(=O)NC(=O)C2)c(C)[nH]1. The number of rotatable bonds is 2. The van der Waals surface area contributed by atoms with E-state index in [1.165, 1.54) is 0 Å². The monoisotopic (exact) mass is 249 g/mol. The van der Waals surface area contributed by atoms with E-state index in [9.17, 15) is 14.4 Å². The van der Waals surface area contributed by atoms with Gasteiger partial charge in [0.25, 0.3) is 5.91 Å². The fourth-order valence-electron chi connectivity index (χ4n) is 2.10. The van der Waals surface area contributed by atoms with Crippen molar-refractivity contribution < 1.29 is 14.4 Å². The average molecular weight is 249 g/mol. The summed E-state index contributed by atoms with van der Waals surface area (Å²) in [5, 5.41) is 4.91.